The lowest BCUT2D eigenvalue weighted by molar-refractivity contribution is -0.000702. The number of aliphatic hydroxyl groups is 1. The molecule has 2 aliphatic rings. The summed E-state index contributed by atoms with van der Waals surface area (Å²) in [5, 5.41) is 15.6. The standard InChI is InChI=1S/C25H33F2N5O3S/c1-14-11-18(30-17-8-5-9-25(17,26)27)28-12-16(14)20-19(23(34)32-10-6-7-15(32)2)31-22(36-20)21(33)29-13-24(3,4)35/h11-12,15,17,35H,5-10,13H2,1-4H3,(H,28,30)(H,29,33)/t15-,17+/m0/s1. The van der Waals surface area contributed by atoms with Gasteiger partial charge in [0.15, 0.2) is 5.01 Å². The molecule has 0 unspecified atom stereocenters. The summed E-state index contributed by atoms with van der Waals surface area (Å²) in [5.41, 5.74) is 0.422. The molecular formula is C25H33F2N5O3S. The van der Waals surface area contributed by atoms with Crippen molar-refractivity contribution in [2.45, 2.75) is 83.4 Å². The fraction of sp³-hybridized carbons (Fsp3) is 0.600. The molecule has 3 heterocycles. The van der Waals surface area contributed by atoms with Crippen molar-refractivity contribution >= 4 is 29.0 Å². The number of nitrogens with one attached hydrogen (secondary N) is 2. The van der Waals surface area contributed by atoms with Crippen LogP contribution in [-0.2, 0) is 0 Å². The molecule has 2 fully saturated rings. The normalized spacial score (nSPS) is 21.6. The molecule has 2 atom stereocenters. The highest BCUT2D eigenvalue weighted by molar-refractivity contribution is 7.17. The van der Waals surface area contributed by atoms with Crippen molar-refractivity contribution in [3.63, 3.8) is 0 Å². The molecule has 196 valence electrons. The molecule has 0 bridgehead atoms. The van der Waals surface area contributed by atoms with E-state index in [-0.39, 0.29) is 35.6 Å². The number of halogens is 2. The van der Waals surface area contributed by atoms with Crippen LogP contribution in [0.2, 0.25) is 0 Å². The van der Waals surface area contributed by atoms with E-state index in [9.17, 15) is 23.5 Å². The van der Waals surface area contributed by atoms with Gasteiger partial charge in [-0.25, -0.2) is 18.7 Å². The van der Waals surface area contributed by atoms with E-state index in [4.69, 9.17) is 0 Å². The molecule has 8 nitrogen and oxygen atoms in total. The largest absolute Gasteiger partial charge is 0.389 e. The van der Waals surface area contributed by atoms with Gasteiger partial charge in [-0.3, -0.25) is 9.59 Å². The molecule has 1 aliphatic carbocycles. The number of hydrogen-bond donors (Lipinski definition) is 3. The number of aromatic nitrogens is 2. The number of rotatable bonds is 7. The van der Waals surface area contributed by atoms with Crippen LogP contribution in [0.25, 0.3) is 10.4 Å². The summed E-state index contributed by atoms with van der Waals surface area (Å²) in [6, 6.07) is 0.793. The smallest absolute Gasteiger partial charge is 0.280 e. The first-order valence-electron chi connectivity index (χ1n) is 12.3. The van der Waals surface area contributed by atoms with E-state index in [1.807, 2.05) is 13.8 Å². The highest BCUT2D eigenvalue weighted by Crippen LogP contribution is 2.38. The minimum absolute atomic E-state index is 0.0277. The van der Waals surface area contributed by atoms with Gasteiger partial charge in [0.1, 0.15) is 11.5 Å². The minimum atomic E-state index is -2.77. The maximum atomic E-state index is 14.1. The Morgan fingerprint density at radius 1 is 1.31 bits per heavy atom. The van der Waals surface area contributed by atoms with Crippen molar-refractivity contribution in [3.8, 4) is 10.4 Å². The van der Waals surface area contributed by atoms with Gasteiger partial charge in [0.25, 0.3) is 17.7 Å². The second-order valence-electron chi connectivity index (χ2n) is 10.4. The van der Waals surface area contributed by atoms with Crippen molar-refractivity contribution in [1.82, 2.24) is 20.2 Å². The second-order valence-corrected chi connectivity index (χ2v) is 11.4. The molecule has 3 N–H and O–H groups in total. The first kappa shape index (κ1) is 26.4. The summed E-state index contributed by atoms with van der Waals surface area (Å²) in [4.78, 5) is 37.3. The van der Waals surface area contributed by atoms with Gasteiger partial charge >= 0.3 is 0 Å². The maximum Gasteiger partial charge on any atom is 0.280 e. The molecule has 0 radical (unpaired) electrons. The highest BCUT2D eigenvalue weighted by atomic mass is 32.1. The molecule has 2 aromatic heterocycles. The number of alkyl halides is 2. The van der Waals surface area contributed by atoms with E-state index in [2.05, 4.69) is 20.6 Å². The first-order chi connectivity index (χ1) is 16.9. The number of aryl methyl sites for hydroxylation is 1. The summed E-state index contributed by atoms with van der Waals surface area (Å²) < 4.78 is 28.2. The van der Waals surface area contributed by atoms with Crippen molar-refractivity contribution in [2.24, 2.45) is 0 Å². The summed E-state index contributed by atoms with van der Waals surface area (Å²) in [7, 11) is 0. The number of likely N-dealkylation sites (tertiary alicyclic amines) is 1. The first-order valence-corrected chi connectivity index (χ1v) is 13.1. The van der Waals surface area contributed by atoms with Gasteiger partial charge in [-0.15, -0.1) is 11.3 Å². The highest BCUT2D eigenvalue weighted by Gasteiger charge is 2.44. The van der Waals surface area contributed by atoms with Crippen molar-refractivity contribution < 1.29 is 23.5 Å². The van der Waals surface area contributed by atoms with Gasteiger partial charge in [0.05, 0.1) is 16.5 Å². The Kier molecular flexibility index (Phi) is 7.34. The lowest BCUT2D eigenvalue weighted by Gasteiger charge is -2.22. The predicted octanol–water partition coefficient (Wildman–Crippen LogP) is 4.24. The van der Waals surface area contributed by atoms with E-state index < -0.39 is 23.5 Å². The fourth-order valence-corrected chi connectivity index (χ4v) is 5.69. The molecule has 11 heteroatoms. The molecule has 1 aliphatic heterocycles. The second kappa shape index (κ2) is 10.0. The molecule has 1 saturated carbocycles. The van der Waals surface area contributed by atoms with E-state index in [1.165, 1.54) is 0 Å². The van der Waals surface area contributed by atoms with Gasteiger partial charge in [-0.2, -0.15) is 0 Å². The average Bonchev–Trinajstić information content (AvgIpc) is 3.50. The summed E-state index contributed by atoms with van der Waals surface area (Å²) in [6.07, 6.45) is 4.04. The van der Waals surface area contributed by atoms with E-state index in [1.54, 1.807) is 31.0 Å². The Hall–Kier alpha value is -2.66. The number of carbonyl (C=O) groups excluding carboxylic acids is 2. The number of thiazole rings is 1. The zero-order chi connectivity index (χ0) is 26.3. The molecule has 0 aromatic carbocycles. The minimum Gasteiger partial charge on any atom is -0.389 e. The summed E-state index contributed by atoms with van der Waals surface area (Å²) >= 11 is 1.08. The third-order valence-corrected chi connectivity index (χ3v) is 7.80. The van der Waals surface area contributed by atoms with Crippen LogP contribution < -0.4 is 10.6 Å². The Morgan fingerprint density at radius 3 is 2.64 bits per heavy atom. The molecule has 1 saturated heterocycles. The van der Waals surface area contributed by atoms with Crippen LogP contribution in [0.1, 0.15) is 78.7 Å². The Morgan fingerprint density at radius 2 is 2.06 bits per heavy atom. The van der Waals surface area contributed by atoms with Gasteiger partial charge in [-0.05, 0) is 65.0 Å². The van der Waals surface area contributed by atoms with Crippen LogP contribution >= 0.6 is 11.3 Å². The van der Waals surface area contributed by atoms with Crippen LogP contribution in [0.3, 0.4) is 0 Å². The molecule has 4 rings (SSSR count). The lowest BCUT2D eigenvalue weighted by atomic mass is 10.1. The Labute approximate surface area is 213 Å². The van der Waals surface area contributed by atoms with Gasteiger partial charge < -0.3 is 20.6 Å². The number of hydrogen-bond acceptors (Lipinski definition) is 7. The van der Waals surface area contributed by atoms with Crippen molar-refractivity contribution in [1.29, 1.82) is 0 Å². The topological polar surface area (TPSA) is 107 Å². The predicted molar refractivity (Wildman–Crippen MR) is 135 cm³/mol. The van der Waals surface area contributed by atoms with Crippen LogP contribution in [0.15, 0.2) is 12.3 Å². The van der Waals surface area contributed by atoms with Crippen LogP contribution in [-0.4, -0.2) is 68.5 Å². The van der Waals surface area contributed by atoms with Crippen molar-refractivity contribution in [3.05, 3.63) is 28.5 Å². The van der Waals surface area contributed by atoms with Crippen LogP contribution in [0.4, 0.5) is 14.6 Å². The average molecular weight is 522 g/mol. The zero-order valence-electron chi connectivity index (χ0n) is 21.0. The SMILES string of the molecule is Cc1cc(N[C@@H]2CCCC2(F)F)ncc1-c1sc(C(=O)NCC(C)(C)O)nc1C(=O)N1CCC[C@@H]1C. The van der Waals surface area contributed by atoms with Gasteiger partial charge in [0, 0.05) is 37.3 Å². The third-order valence-electron chi connectivity index (χ3n) is 6.71. The quantitative estimate of drug-likeness (QED) is 0.503. The molecular weight excluding hydrogens is 488 g/mol. The van der Waals surface area contributed by atoms with E-state index in [0.717, 1.165) is 29.7 Å². The van der Waals surface area contributed by atoms with Gasteiger partial charge in [0.2, 0.25) is 0 Å². The summed E-state index contributed by atoms with van der Waals surface area (Å²) in [6.45, 7) is 7.61. The Balaban J connectivity index is 1.66. The fourth-order valence-electron chi connectivity index (χ4n) is 4.64. The number of carbonyl (C=O) groups is 2. The molecule has 2 aromatic rings. The van der Waals surface area contributed by atoms with Crippen molar-refractivity contribution in [2.75, 3.05) is 18.4 Å². The lowest BCUT2D eigenvalue weighted by Crippen LogP contribution is -2.38. The zero-order valence-corrected chi connectivity index (χ0v) is 21.8. The molecule has 0 spiro atoms. The molecule has 36 heavy (non-hydrogen) atoms. The monoisotopic (exact) mass is 521 g/mol. The number of amides is 2. The number of pyridine rings is 1. The van der Waals surface area contributed by atoms with E-state index in [0.29, 0.717) is 35.6 Å². The molecule has 2 amide bonds. The third kappa shape index (κ3) is 5.67. The van der Waals surface area contributed by atoms with Crippen LogP contribution in [0.5, 0.6) is 0 Å². The van der Waals surface area contributed by atoms with Crippen LogP contribution in [0, 0.1) is 6.92 Å². The maximum absolute atomic E-state index is 14.1. The number of anilines is 1. The summed E-state index contributed by atoms with van der Waals surface area (Å²) in [5.74, 6) is -3.16. The van der Waals surface area contributed by atoms with Gasteiger partial charge in [-0.1, -0.05) is 0 Å². The van der Waals surface area contributed by atoms with E-state index >= 15 is 0 Å². The Bertz CT molecular complexity index is 1150. The number of nitrogens with zero attached hydrogens (tertiary/aromatic N) is 3.